The first-order chi connectivity index (χ1) is 27.6. The van der Waals surface area contributed by atoms with E-state index < -0.39 is 5.91 Å². The average Bonchev–Trinajstić information content (AvgIpc) is 4.01. The lowest BCUT2D eigenvalue weighted by molar-refractivity contribution is -0.116. The van der Waals surface area contributed by atoms with Crippen molar-refractivity contribution in [2.75, 3.05) is 55.6 Å². The molecule has 5 heterocycles. The summed E-state index contributed by atoms with van der Waals surface area (Å²) >= 11 is 0. The quantitative estimate of drug-likeness (QED) is 0.0655. The number of hydrogen-bond donors (Lipinski definition) is 6. The van der Waals surface area contributed by atoms with Crippen LogP contribution in [0.1, 0.15) is 65.5 Å². The number of methoxy groups -OCH3 is 1. The van der Waals surface area contributed by atoms with Gasteiger partial charge in [-0.1, -0.05) is 0 Å². The molecule has 0 aliphatic rings. The van der Waals surface area contributed by atoms with Crippen LogP contribution in [0, 0.1) is 0 Å². The number of nitrogens with one attached hydrogen (secondary N) is 6. The molecule has 21 nitrogen and oxygen atoms in total. The maximum Gasteiger partial charge on any atom is 0.291 e. The molecule has 0 aliphatic heterocycles. The molecule has 58 heavy (non-hydrogen) atoms. The van der Waals surface area contributed by atoms with Gasteiger partial charge >= 0.3 is 0 Å². The fourth-order valence-electron chi connectivity index (χ4n) is 5.15. The van der Waals surface area contributed by atoms with Gasteiger partial charge in [0, 0.05) is 113 Å². The number of amides is 5. The summed E-state index contributed by atoms with van der Waals surface area (Å²) in [7, 11) is 13.5. The van der Waals surface area contributed by atoms with Crippen LogP contribution >= 0.6 is 0 Å². The monoisotopic (exact) mass is 803 g/mol. The largest absolute Gasteiger partial charge is 0.388 e. The van der Waals surface area contributed by atoms with E-state index in [1.807, 2.05) is 0 Å². The van der Waals surface area contributed by atoms with Crippen LogP contribution in [0.15, 0.2) is 55.2 Å². The van der Waals surface area contributed by atoms with Gasteiger partial charge < -0.3 is 64.3 Å². The number of carbonyl (C=O) groups is 7. The molecule has 0 saturated carbocycles. The number of rotatable bonds is 15. The maximum absolute atomic E-state index is 12.7. The lowest BCUT2D eigenvalue weighted by atomic mass is 10.3. The first kappa shape index (κ1) is 45.1. The summed E-state index contributed by atoms with van der Waals surface area (Å²) in [6.45, 7) is 0.353. The molecule has 0 atom stereocenters. The van der Waals surface area contributed by atoms with Crippen LogP contribution in [0.25, 0.3) is 0 Å². The standard InChI is InChI=1S/C23H28N8O5.C12H15N5O2.C2H6O/c1-29-10-4-6-16(29)21(34)25-9-7-19(33)27-18-14-31(3)20(28-18)23(36)26-15-12-17(30(2)13-15)22(35)24-8-5-11-32;1-13-10-6-17(3)11(15-10)12(19)14-8-4-9(7-18)16(2)5-8;1-3-2/h4,6,10-14H,5,7-9H2,1-3H3,(H,24,35)(H,25,34)(H,26,36)(H,27,33);4-7,13H,1-3H3,(H,14,19);1-2H3. The molecule has 5 rings (SSSR count). The van der Waals surface area contributed by atoms with E-state index in [-0.39, 0.29) is 61.2 Å². The molecule has 0 unspecified atom stereocenters. The molecule has 21 heteroatoms. The predicted octanol–water partition coefficient (Wildman–Crippen LogP) is 1.55. The molecule has 5 aromatic rings. The van der Waals surface area contributed by atoms with Crippen molar-refractivity contribution in [2.45, 2.75) is 12.8 Å². The van der Waals surface area contributed by atoms with Crippen molar-refractivity contribution in [1.29, 1.82) is 0 Å². The summed E-state index contributed by atoms with van der Waals surface area (Å²) in [5.74, 6) is -0.752. The van der Waals surface area contributed by atoms with Crippen LogP contribution in [0.5, 0.6) is 0 Å². The Kier molecular flexibility index (Phi) is 16.9. The SMILES string of the molecule is CNc1cn(C)c(C(=O)Nc2cc(C=O)n(C)c2)n1.COC.Cn1cc(NC(=O)c2nc(NC(=O)CCNC(=O)c3cccn3C)cn2C)cc1C(=O)NCCC=O. The van der Waals surface area contributed by atoms with Gasteiger partial charge in [-0.15, -0.1) is 0 Å². The molecule has 0 radical (unpaired) electrons. The van der Waals surface area contributed by atoms with Gasteiger partial charge in [-0.05, 0) is 24.3 Å². The van der Waals surface area contributed by atoms with Gasteiger partial charge in [-0.3, -0.25) is 28.8 Å². The van der Waals surface area contributed by atoms with Crippen molar-refractivity contribution < 1.29 is 38.3 Å². The van der Waals surface area contributed by atoms with E-state index >= 15 is 0 Å². The van der Waals surface area contributed by atoms with E-state index in [1.54, 1.807) is 118 Å². The second-order valence-corrected chi connectivity index (χ2v) is 12.6. The molecule has 0 aromatic carbocycles. The summed E-state index contributed by atoms with van der Waals surface area (Å²) in [6.07, 6.45) is 9.88. The fraction of sp³-hybridized carbons (Fsp3) is 0.324. The second-order valence-electron chi connectivity index (χ2n) is 12.6. The van der Waals surface area contributed by atoms with E-state index in [1.165, 1.54) is 16.8 Å². The third-order valence-electron chi connectivity index (χ3n) is 7.96. The fourth-order valence-corrected chi connectivity index (χ4v) is 5.15. The van der Waals surface area contributed by atoms with Crippen molar-refractivity contribution in [3.63, 3.8) is 0 Å². The highest BCUT2D eigenvalue weighted by molar-refractivity contribution is 6.04. The molecule has 0 saturated heterocycles. The summed E-state index contributed by atoms with van der Waals surface area (Å²) in [6, 6.07) is 6.54. The number of ether oxygens (including phenoxy) is 1. The van der Waals surface area contributed by atoms with Crippen molar-refractivity contribution >= 4 is 65.1 Å². The number of aryl methyl sites for hydroxylation is 5. The summed E-state index contributed by atoms with van der Waals surface area (Å²) in [4.78, 5) is 90.8. The minimum atomic E-state index is -0.536. The Morgan fingerprint density at radius 1 is 0.672 bits per heavy atom. The molecule has 5 aromatic heterocycles. The first-order valence-electron chi connectivity index (χ1n) is 17.6. The third kappa shape index (κ3) is 12.6. The normalized spacial score (nSPS) is 10.2. The molecular formula is C37H49N13O8. The van der Waals surface area contributed by atoms with Gasteiger partial charge in [0.25, 0.3) is 23.6 Å². The van der Waals surface area contributed by atoms with Gasteiger partial charge in [0.05, 0.1) is 17.1 Å². The summed E-state index contributed by atoms with van der Waals surface area (Å²) in [5.41, 5.74) is 2.23. The Bertz CT molecular complexity index is 2220. The van der Waals surface area contributed by atoms with E-state index in [4.69, 9.17) is 0 Å². The molecule has 0 aliphatic carbocycles. The minimum absolute atomic E-state index is 0.0238. The number of carbonyl (C=O) groups excluding carboxylic acids is 7. The average molecular weight is 804 g/mol. The molecule has 0 fully saturated rings. The van der Waals surface area contributed by atoms with Crippen LogP contribution in [0.3, 0.4) is 0 Å². The molecule has 5 amide bonds. The van der Waals surface area contributed by atoms with E-state index in [0.29, 0.717) is 46.4 Å². The number of aldehydes is 2. The lowest BCUT2D eigenvalue weighted by Crippen LogP contribution is -2.29. The Labute approximate surface area is 334 Å². The number of hydrogen-bond acceptors (Lipinski definition) is 11. The zero-order valence-corrected chi connectivity index (χ0v) is 33.6. The maximum atomic E-state index is 12.7. The van der Waals surface area contributed by atoms with Gasteiger partial charge in [-0.25, -0.2) is 9.97 Å². The van der Waals surface area contributed by atoms with Crippen molar-refractivity contribution in [2.24, 2.45) is 35.2 Å². The number of anilines is 4. The van der Waals surface area contributed by atoms with Crippen LogP contribution < -0.4 is 31.9 Å². The minimum Gasteiger partial charge on any atom is -0.388 e. The highest BCUT2D eigenvalue weighted by Crippen LogP contribution is 2.16. The molecule has 6 N–H and O–H groups in total. The van der Waals surface area contributed by atoms with Gasteiger partial charge in [0.15, 0.2) is 12.1 Å². The number of nitrogens with zero attached hydrogens (tertiary/aromatic N) is 7. The zero-order chi connectivity index (χ0) is 42.9. The predicted molar refractivity (Wildman–Crippen MR) is 215 cm³/mol. The van der Waals surface area contributed by atoms with E-state index in [0.717, 1.165) is 6.29 Å². The van der Waals surface area contributed by atoms with E-state index in [2.05, 4.69) is 46.6 Å². The summed E-state index contributed by atoms with van der Waals surface area (Å²) in [5, 5.41) is 16.1. The second kappa shape index (κ2) is 21.7. The van der Waals surface area contributed by atoms with Gasteiger partial charge in [0.2, 0.25) is 17.6 Å². The molecular weight excluding hydrogens is 754 g/mol. The Balaban J connectivity index is 0.000000341. The Hall–Kier alpha value is -7.29. The van der Waals surface area contributed by atoms with Crippen molar-refractivity contribution in [3.05, 3.63) is 84.0 Å². The van der Waals surface area contributed by atoms with Crippen molar-refractivity contribution in [3.8, 4) is 0 Å². The topological polar surface area (TPSA) is 251 Å². The van der Waals surface area contributed by atoms with E-state index in [9.17, 15) is 33.6 Å². The van der Waals surface area contributed by atoms with Crippen LogP contribution in [0.2, 0.25) is 0 Å². The summed E-state index contributed by atoms with van der Waals surface area (Å²) < 4.78 is 12.2. The molecule has 0 bridgehead atoms. The van der Waals surface area contributed by atoms with Crippen LogP contribution in [-0.2, 0) is 49.6 Å². The highest BCUT2D eigenvalue weighted by Gasteiger charge is 2.19. The zero-order valence-electron chi connectivity index (χ0n) is 33.6. The number of aromatic nitrogens is 7. The Morgan fingerprint density at radius 2 is 1.22 bits per heavy atom. The first-order valence-corrected chi connectivity index (χ1v) is 17.6. The molecule has 310 valence electrons. The lowest BCUT2D eigenvalue weighted by Gasteiger charge is -2.06. The number of imidazole rings is 2. The van der Waals surface area contributed by atoms with Gasteiger partial charge in [0.1, 0.15) is 23.5 Å². The van der Waals surface area contributed by atoms with Crippen molar-refractivity contribution in [1.82, 2.24) is 43.4 Å². The van der Waals surface area contributed by atoms with Crippen LogP contribution in [-0.4, -0.2) is 109 Å². The Morgan fingerprint density at radius 3 is 1.76 bits per heavy atom. The van der Waals surface area contributed by atoms with Gasteiger partial charge in [-0.2, -0.15) is 0 Å². The van der Waals surface area contributed by atoms with Crippen LogP contribution in [0.4, 0.5) is 23.0 Å². The smallest absolute Gasteiger partial charge is 0.291 e. The third-order valence-corrected chi connectivity index (χ3v) is 7.96. The molecule has 0 spiro atoms. The highest BCUT2D eigenvalue weighted by atomic mass is 16.4.